The second kappa shape index (κ2) is 3.87. The van der Waals surface area contributed by atoms with Crippen molar-refractivity contribution in [3.8, 4) is 0 Å². The normalized spacial score (nSPS) is 11.7. The number of hydrogen-bond acceptors (Lipinski definition) is 1. The molecule has 5 heteroatoms. The first-order valence-electron chi connectivity index (χ1n) is 3.00. The van der Waals surface area contributed by atoms with Gasteiger partial charge in [0.1, 0.15) is 0 Å². The lowest BCUT2D eigenvalue weighted by Gasteiger charge is -2.05. The smallest absolute Gasteiger partial charge is 0.166 e. The first-order valence-corrected chi connectivity index (χ1v) is 6.36. The maximum Gasteiger partial charge on any atom is 0.416 e. The van der Waals surface area contributed by atoms with Gasteiger partial charge in [-0.05, 0) is 24.3 Å². The second-order valence-electron chi connectivity index (χ2n) is 2.10. The van der Waals surface area contributed by atoms with E-state index in [9.17, 15) is 13.2 Å². The Labute approximate surface area is 84.1 Å². The molecule has 0 N–H and O–H groups in total. The quantitative estimate of drug-likeness (QED) is 0.702. The lowest BCUT2D eigenvalue weighted by atomic mass is 10.2. The Morgan fingerprint density at radius 2 is 1.58 bits per heavy atom. The highest BCUT2D eigenvalue weighted by molar-refractivity contribution is 14.2. The SMILES string of the molecule is FC(F)(F)c1ccc(SI)cc1. The van der Waals surface area contributed by atoms with Gasteiger partial charge in [-0.15, -0.1) is 0 Å². The van der Waals surface area contributed by atoms with Crippen molar-refractivity contribution in [2.45, 2.75) is 11.1 Å². The zero-order valence-corrected chi connectivity index (χ0v) is 8.70. The van der Waals surface area contributed by atoms with Gasteiger partial charge in [-0.2, -0.15) is 13.2 Å². The number of rotatable bonds is 1. The van der Waals surface area contributed by atoms with Crippen molar-refractivity contribution in [3.63, 3.8) is 0 Å². The molecule has 0 amide bonds. The van der Waals surface area contributed by atoms with Crippen LogP contribution in [0.5, 0.6) is 0 Å². The van der Waals surface area contributed by atoms with E-state index in [1.807, 2.05) is 21.2 Å². The molecule has 0 spiro atoms. The summed E-state index contributed by atoms with van der Waals surface area (Å²) in [4.78, 5) is 0.823. The summed E-state index contributed by atoms with van der Waals surface area (Å²) in [5.41, 5.74) is -0.600. The van der Waals surface area contributed by atoms with Crippen molar-refractivity contribution >= 4 is 30.1 Å². The van der Waals surface area contributed by atoms with Crippen LogP contribution in [0.4, 0.5) is 13.2 Å². The minimum atomic E-state index is -4.23. The number of benzene rings is 1. The van der Waals surface area contributed by atoms with E-state index in [2.05, 4.69) is 0 Å². The molecule has 1 aromatic carbocycles. The van der Waals surface area contributed by atoms with E-state index in [1.54, 1.807) is 0 Å². The standard InChI is InChI=1S/C7H4F3IS/c8-7(9,10)5-1-3-6(12-11)4-2-5/h1-4H. The average molecular weight is 304 g/mol. The highest BCUT2D eigenvalue weighted by Gasteiger charge is 2.29. The van der Waals surface area contributed by atoms with Crippen molar-refractivity contribution in [3.05, 3.63) is 29.8 Å². The van der Waals surface area contributed by atoms with Gasteiger partial charge in [0.2, 0.25) is 0 Å². The third-order valence-electron chi connectivity index (χ3n) is 1.27. The van der Waals surface area contributed by atoms with E-state index < -0.39 is 11.7 Å². The first-order chi connectivity index (χ1) is 5.54. The van der Waals surface area contributed by atoms with Crippen LogP contribution in [0.3, 0.4) is 0 Å². The molecule has 0 atom stereocenters. The van der Waals surface area contributed by atoms with E-state index in [-0.39, 0.29) is 0 Å². The molecule has 0 fully saturated rings. The Kier molecular flexibility index (Phi) is 3.28. The van der Waals surface area contributed by atoms with Crippen molar-refractivity contribution in [1.82, 2.24) is 0 Å². The van der Waals surface area contributed by atoms with E-state index in [1.165, 1.54) is 21.1 Å². The summed E-state index contributed by atoms with van der Waals surface area (Å²) < 4.78 is 36.0. The molecule has 66 valence electrons. The molecule has 0 unspecified atom stereocenters. The van der Waals surface area contributed by atoms with Crippen LogP contribution in [0.2, 0.25) is 0 Å². The zero-order valence-electron chi connectivity index (χ0n) is 5.73. The topological polar surface area (TPSA) is 0 Å². The summed E-state index contributed by atoms with van der Waals surface area (Å²) in [6, 6.07) is 5.09. The van der Waals surface area contributed by atoms with Crippen LogP contribution >= 0.6 is 30.1 Å². The summed E-state index contributed by atoms with van der Waals surface area (Å²) in [5.74, 6) is 0. The molecule has 0 radical (unpaired) electrons. The molecule has 0 aliphatic carbocycles. The molecule has 0 saturated carbocycles. The third-order valence-corrected chi connectivity index (χ3v) is 3.25. The predicted octanol–water partition coefficient (Wildman–Crippen LogP) is 4.15. The molecule has 0 nitrogen and oxygen atoms in total. The van der Waals surface area contributed by atoms with Gasteiger partial charge < -0.3 is 0 Å². The van der Waals surface area contributed by atoms with Gasteiger partial charge >= 0.3 is 6.18 Å². The monoisotopic (exact) mass is 304 g/mol. The third kappa shape index (κ3) is 2.55. The van der Waals surface area contributed by atoms with Gasteiger partial charge in [0.15, 0.2) is 0 Å². The van der Waals surface area contributed by atoms with Crippen LogP contribution in [0.15, 0.2) is 29.2 Å². The highest BCUT2D eigenvalue weighted by Crippen LogP contribution is 2.32. The fraction of sp³-hybridized carbons (Fsp3) is 0.143. The van der Waals surface area contributed by atoms with Gasteiger partial charge in [-0.25, -0.2) is 0 Å². The van der Waals surface area contributed by atoms with Crippen LogP contribution < -0.4 is 0 Å². The van der Waals surface area contributed by atoms with Crippen LogP contribution in [-0.4, -0.2) is 0 Å². The zero-order chi connectivity index (χ0) is 9.19. The maximum atomic E-state index is 12.0. The van der Waals surface area contributed by atoms with Crippen molar-refractivity contribution in [2.75, 3.05) is 0 Å². The van der Waals surface area contributed by atoms with Crippen LogP contribution in [0.1, 0.15) is 5.56 Å². The minimum Gasteiger partial charge on any atom is -0.166 e. The van der Waals surface area contributed by atoms with Crippen molar-refractivity contribution < 1.29 is 13.2 Å². The molecular formula is C7H4F3IS. The Hall–Kier alpha value is 0.0900. The van der Waals surface area contributed by atoms with Gasteiger partial charge in [-0.1, -0.05) is 8.93 Å². The molecular weight excluding hydrogens is 300 g/mol. The van der Waals surface area contributed by atoms with Gasteiger partial charge in [-0.3, -0.25) is 0 Å². The van der Waals surface area contributed by atoms with Gasteiger partial charge in [0.05, 0.1) is 5.56 Å². The Balaban J connectivity index is 2.93. The molecule has 12 heavy (non-hydrogen) atoms. The number of halogens is 4. The summed E-state index contributed by atoms with van der Waals surface area (Å²) in [7, 11) is 1.39. The van der Waals surface area contributed by atoms with E-state index in [4.69, 9.17) is 0 Å². The molecule has 1 aromatic rings. The molecule has 0 aromatic heterocycles. The van der Waals surface area contributed by atoms with Crippen LogP contribution in [-0.2, 0) is 6.18 Å². The first kappa shape index (κ1) is 10.2. The summed E-state index contributed by atoms with van der Waals surface area (Å²) in [5, 5.41) is 0. The van der Waals surface area contributed by atoms with E-state index in [0.717, 1.165) is 17.0 Å². The van der Waals surface area contributed by atoms with E-state index in [0.29, 0.717) is 0 Å². The Bertz CT molecular complexity index is 254. The van der Waals surface area contributed by atoms with Crippen molar-refractivity contribution in [2.24, 2.45) is 0 Å². The molecule has 1 rings (SSSR count). The Morgan fingerprint density at radius 3 is 1.92 bits per heavy atom. The number of alkyl halides is 3. The van der Waals surface area contributed by atoms with Crippen molar-refractivity contribution in [1.29, 1.82) is 0 Å². The second-order valence-corrected chi connectivity index (χ2v) is 4.05. The summed E-state index contributed by atoms with van der Waals surface area (Å²) in [6.45, 7) is 0. The lowest BCUT2D eigenvalue weighted by molar-refractivity contribution is -0.137. The molecule has 0 heterocycles. The minimum absolute atomic E-state index is 0.600. The molecule has 0 aliphatic heterocycles. The van der Waals surface area contributed by atoms with Crippen LogP contribution in [0.25, 0.3) is 0 Å². The fourth-order valence-electron chi connectivity index (χ4n) is 0.695. The van der Waals surface area contributed by atoms with Gasteiger partial charge in [0.25, 0.3) is 0 Å². The summed E-state index contributed by atoms with van der Waals surface area (Å²) >= 11 is 2.02. The molecule has 0 aliphatic rings. The maximum absolute atomic E-state index is 12.0. The largest absolute Gasteiger partial charge is 0.416 e. The lowest BCUT2D eigenvalue weighted by Crippen LogP contribution is -2.03. The number of hydrogen-bond donors (Lipinski definition) is 0. The average Bonchev–Trinajstić information content (AvgIpc) is 2.03. The summed E-state index contributed by atoms with van der Waals surface area (Å²) in [6.07, 6.45) is -4.23. The Morgan fingerprint density at radius 1 is 1.08 bits per heavy atom. The fourth-order valence-corrected chi connectivity index (χ4v) is 1.82. The molecule has 0 bridgehead atoms. The van der Waals surface area contributed by atoms with Crippen LogP contribution in [0, 0.1) is 0 Å². The van der Waals surface area contributed by atoms with Gasteiger partial charge in [0, 0.05) is 26.1 Å². The molecule has 0 saturated heterocycles. The van der Waals surface area contributed by atoms with E-state index >= 15 is 0 Å². The predicted molar refractivity (Wildman–Crippen MR) is 51.3 cm³/mol. The highest BCUT2D eigenvalue weighted by atomic mass is 127.